The molecule has 0 amide bonds. The Morgan fingerprint density at radius 1 is 1.12 bits per heavy atom. The van der Waals surface area contributed by atoms with E-state index in [0.29, 0.717) is 5.54 Å². The van der Waals surface area contributed by atoms with Gasteiger partial charge in [0.1, 0.15) is 0 Å². The molecule has 2 N–H and O–H groups in total. The van der Waals surface area contributed by atoms with Crippen LogP contribution < -0.4 is 5.73 Å². The maximum Gasteiger partial charge on any atom is 0.0126 e. The van der Waals surface area contributed by atoms with Gasteiger partial charge in [0.15, 0.2) is 0 Å². The summed E-state index contributed by atoms with van der Waals surface area (Å²) in [7, 11) is 0. The zero-order chi connectivity index (χ0) is 12.9. The van der Waals surface area contributed by atoms with E-state index in [1.54, 1.807) is 0 Å². The molecule has 1 saturated heterocycles. The van der Waals surface area contributed by atoms with E-state index in [9.17, 15) is 0 Å². The molecule has 0 aromatic rings. The molecule has 0 aliphatic carbocycles. The molecule has 1 unspecified atom stereocenters. The summed E-state index contributed by atoms with van der Waals surface area (Å²) >= 11 is 0. The van der Waals surface area contributed by atoms with Crippen molar-refractivity contribution in [1.82, 2.24) is 9.80 Å². The van der Waals surface area contributed by atoms with Gasteiger partial charge in [0.25, 0.3) is 0 Å². The summed E-state index contributed by atoms with van der Waals surface area (Å²) in [5.41, 5.74) is 5.89. The van der Waals surface area contributed by atoms with Crippen LogP contribution in [-0.4, -0.2) is 54.6 Å². The maximum absolute atomic E-state index is 5.56. The molecule has 1 atom stereocenters. The quantitative estimate of drug-likeness (QED) is 0.796. The Balaban J connectivity index is 2.23. The lowest BCUT2D eigenvalue weighted by Gasteiger charge is -2.42. The molecule has 1 aliphatic heterocycles. The highest BCUT2D eigenvalue weighted by atomic mass is 15.3. The Kier molecular flexibility index (Phi) is 5.90. The normalized spacial score (nSPS) is 21.7. The summed E-state index contributed by atoms with van der Waals surface area (Å²) in [5, 5.41) is 0. The molecule has 17 heavy (non-hydrogen) atoms. The lowest BCUT2D eigenvalue weighted by Crippen LogP contribution is -2.53. The monoisotopic (exact) mass is 241 g/mol. The number of nitrogens with zero attached hydrogens (tertiary/aromatic N) is 2. The summed E-state index contributed by atoms with van der Waals surface area (Å²) in [5.74, 6) is 0.791. The average molecular weight is 241 g/mol. The van der Waals surface area contributed by atoms with Crippen LogP contribution in [0.4, 0.5) is 0 Å². The fourth-order valence-corrected chi connectivity index (χ4v) is 2.60. The van der Waals surface area contributed by atoms with Crippen molar-refractivity contribution in [2.75, 3.05) is 39.3 Å². The highest BCUT2D eigenvalue weighted by Gasteiger charge is 2.25. The van der Waals surface area contributed by atoms with E-state index in [-0.39, 0.29) is 0 Å². The van der Waals surface area contributed by atoms with Gasteiger partial charge in [-0.3, -0.25) is 4.90 Å². The largest absolute Gasteiger partial charge is 0.330 e. The van der Waals surface area contributed by atoms with Crippen molar-refractivity contribution in [3.05, 3.63) is 0 Å². The van der Waals surface area contributed by atoms with E-state index in [4.69, 9.17) is 5.73 Å². The predicted octanol–water partition coefficient (Wildman–Crippen LogP) is 1.78. The summed E-state index contributed by atoms with van der Waals surface area (Å²) in [4.78, 5) is 5.21. The Hall–Kier alpha value is -0.120. The van der Waals surface area contributed by atoms with Gasteiger partial charge in [0.05, 0.1) is 0 Å². The summed E-state index contributed by atoms with van der Waals surface area (Å²) in [6.45, 7) is 16.3. The molecule has 3 nitrogen and oxygen atoms in total. The maximum atomic E-state index is 5.56. The molecule has 102 valence electrons. The predicted molar refractivity (Wildman–Crippen MR) is 75.2 cm³/mol. The molecular formula is C14H31N3. The summed E-state index contributed by atoms with van der Waals surface area (Å²) < 4.78 is 0. The molecule has 0 aromatic carbocycles. The molecule has 0 spiro atoms. The lowest BCUT2D eigenvalue weighted by atomic mass is 10.0. The Bertz CT molecular complexity index is 202. The smallest absolute Gasteiger partial charge is 0.0126 e. The Morgan fingerprint density at radius 3 is 2.18 bits per heavy atom. The highest BCUT2D eigenvalue weighted by molar-refractivity contribution is 4.82. The standard InChI is InChI=1S/C14H31N3/c1-13(6-5-7-15)12-16-8-10-17(11-9-16)14(2,3)4/h13H,5-12,15H2,1-4H3. The number of piperazine rings is 1. The van der Waals surface area contributed by atoms with Crippen LogP contribution in [0.5, 0.6) is 0 Å². The van der Waals surface area contributed by atoms with Gasteiger partial charge < -0.3 is 10.6 Å². The van der Waals surface area contributed by atoms with Crippen LogP contribution in [0, 0.1) is 5.92 Å². The molecule has 1 heterocycles. The van der Waals surface area contributed by atoms with E-state index in [2.05, 4.69) is 37.5 Å². The third-order valence-corrected chi connectivity index (χ3v) is 3.79. The van der Waals surface area contributed by atoms with Crippen LogP contribution in [0.3, 0.4) is 0 Å². The molecule has 0 saturated carbocycles. The zero-order valence-corrected chi connectivity index (χ0v) is 12.2. The molecule has 0 radical (unpaired) electrons. The van der Waals surface area contributed by atoms with E-state index in [1.807, 2.05) is 0 Å². The second-order valence-corrected chi connectivity index (χ2v) is 6.49. The first kappa shape index (κ1) is 14.9. The third-order valence-electron chi connectivity index (χ3n) is 3.79. The van der Waals surface area contributed by atoms with Gasteiger partial charge in [-0.25, -0.2) is 0 Å². The first-order chi connectivity index (χ1) is 7.93. The molecule has 1 aliphatic rings. The summed E-state index contributed by atoms with van der Waals surface area (Å²) in [6.07, 6.45) is 2.44. The molecule has 3 heteroatoms. The number of hydrogen-bond donors (Lipinski definition) is 1. The second kappa shape index (κ2) is 6.72. The van der Waals surface area contributed by atoms with Crippen LogP contribution in [0.25, 0.3) is 0 Å². The van der Waals surface area contributed by atoms with Crippen LogP contribution >= 0.6 is 0 Å². The van der Waals surface area contributed by atoms with Crippen molar-refractivity contribution in [2.24, 2.45) is 11.7 Å². The number of hydrogen-bond acceptors (Lipinski definition) is 3. The zero-order valence-electron chi connectivity index (χ0n) is 12.2. The Morgan fingerprint density at radius 2 is 1.71 bits per heavy atom. The van der Waals surface area contributed by atoms with Gasteiger partial charge in [-0.2, -0.15) is 0 Å². The van der Waals surface area contributed by atoms with Gasteiger partial charge in [0, 0.05) is 38.3 Å². The SMILES string of the molecule is CC(CCCN)CN1CCN(C(C)(C)C)CC1. The minimum Gasteiger partial charge on any atom is -0.330 e. The topological polar surface area (TPSA) is 32.5 Å². The van der Waals surface area contributed by atoms with Gasteiger partial charge >= 0.3 is 0 Å². The van der Waals surface area contributed by atoms with Crippen molar-refractivity contribution >= 4 is 0 Å². The van der Waals surface area contributed by atoms with Crippen molar-refractivity contribution < 1.29 is 0 Å². The molecule has 1 fully saturated rings. The van der Waals surface area contributed by atoms with E-state index >= 15 is 0 Å². The van der Waals surface area contributed by atoms with Crippen LogP contribution in [0.15, 0.2) is 0 Å². The van der Waals surface area contributed by atoms with E-state index in [0.717, 1.165) is 12.5 Å². The second-order valence-electron chi connectivity index (χ2n) is 6.49. The minimum atomic E-state index is 0.331. The number of nitrogens with two attached hydrogens (primary N) is 1. The molecule has 0 aromatic heterocycles. The first-order valence-corrected chi connectivity index (χ1v) is 7.11. The van der Waals surface area contributed by atoms with Gasteiger partial charge in [-0.05, 0) is 46.1 Å². The minimum absolute atomic E-state index is 0.331. The Labute approximate surface area is 107 Å². The fourth-order valence-electron chi connectivity index (χ4n) is 2.60. The van der Waals surface area contributed by atoms with Gasteiger partial charge in [-0.15, -0.1) is 0 Å². The van der Waals surface area contributed by atoms with E-state index < -0.39 is 0 Å². The van der Waals surface area contributed by atoms with Crippen molar-refractivity contribution in [1.29, 1.82) is 0 Å². The first-order valence-electron chi connectivity index (χ1n) is 7.11. The van der Waals surface area contributed by atoms with Crippen LogP contribution in [-0.2, 0) is 0 Å². The van der Waals surface area contributed by atoms with Crippen molar-refractivity contribution in [3.8, 4) is 0 Å². The summed E-state index contributed by atoms with van der Waals surface area (Å²) in [6, 6.07) is 0. The third kappa shape index (κ3) is 5.36. The van der Waals surface area contributed by atoms with Gasteiger partial charge in [-0.1, -0.05) is 6.92 Å². The molecule has 0 bridgehead atoms. The van der Waals surface area contributed by atoms with Crippen molar-refractivity contribution in [3.63, 3.8) is 0 Å². The van der Waals surface area contributed by atoms with Crippen LogP contribution in [0.1, 0.15) is 40.5 Å². The number of rotatable bonds is 5. The average Bonchev–Trinajstić information content (AvgIpc) is 2.26. The molecular weight excluding hydrogens is 210 g/mol. The molecule has 1 rings (SSSR count). The van der Waals surface area contributed by atoms with Crippen LogP contribution in [0.2, 0.25) is 0 Å². The van der Waals surface area contributed by atoms with Gasteiger partial charge in [0.2, 0.25) is 0 Å². The highest BCUT2D eigenvalue weighted by Crippen LogP contribution is 2.17. The van der Waals surface area contributed by atoms with E-state index in [1.165, 1.54) is 45.6 Å². The lowest BCUT2D eigenvalue weighted by molar-refractivity contribution is 0.0558. The van der Waals surface area contributed by atoms with Crippen molar-refractivity contribution in [2.45, 2.75) is 46.1 Å². The fraction of sp³-hybridized carbons (Fsp3) is 1.00.